The Balaban J connectivity index is 1.71. The number of nitrogens with zero attached hydrogens (tertiary/aromatic N) is 2. The van der Waals surface area contributed by atoms with Crippen LogP contribution >= 0.6 is 23.2 Å². The van der Waals surface area contributed by atoms with Gasteiger partial charge in [0.1, 0.15) is 9.90 Å². The number of ether oxygens (including phenoxy) is 1. The minimum Gasteiger partial charge on any atom is -0.462 e. The summed E-state index contributed by atoms with van der Waals surface area (Å²) in [6.45, 7) is 4.56. The SMILES string of the molecule is Cc1nn(Cc2ccccc2)c(C)c1C(=O)OC[C@H]1CC1(Cl)Cl. The summed E-state index contributed by atoms with van der Waals surface area (Å²) in [5.41, 5.74) is 3.12. The van der Waals surface area contributed by atoms with E-state index in [4.69, 9.17) is 27.9 Å². The van der Waals surface area contributed by atoms with Crippen molar-refractivity contribution in [3.8, 4) is 0 Å². The fourth-order valence-corrected chi connectivity index (χ4v) is 3.10. The Kier molecular flexibility index (Phi) is 4.39. The topological polar surface area (TPSA) is 44.1 Å². The van der Waals surface area contributed by atoms with Crippen molar-refractivity contribution in [3.63, 3.8) is 0 Å². The lowest BCUT2D eigenvalue weighted by molar-refractivity contribution is 0.0483. The first-order valence-electron chi connectivity index (χ1n) is 7.51. The number of halogens is 2. The average molecular weight is 353 g/mol. The van der Waals surface area contributed by atoms with Crippen molar-refractivity contribution in [2.75, 3.05) is 6.61 Å². The number of carbonyl (C=O) groups excluding carboxylic acids is 1. The number of hydrogen-bond donors (Lipinski definition) is 0. The van der Waals surface area contributed by atoms with Crippen LogP contribution in [0.3, 0.4) is 0 Å². The Morgan fingerprint density at radius 1 is 1.35 bits per heavy atom. The van der Waals surface area contributed by atoms with Gasteiger partial charge in [-0.1, -0.05) is 30.3 Å². The molecule has 3 rings (SSSR count). The molecule has 0 unspecified atom stereocenters. The summed E-state index contributed by atoms with van der Waals surface area (Å²) in [6, 6.07) is 10.00. The zero-order valence-corrected chi connectivity index (χ0v) is 14.6. The Labute approximate surface area is 145 Å². The Morgan fingerprint density at radius 2 is 2.00 bits per heavy atom. The molecule has 0 bridgehead atoms. The second-order valence-electron chi connectivity index (χ2n) is 5.95. The van der Waals surface area contributed by atoms with Crippen molar-refractivity contribution in [1.82, 2.24) is 9.78 Å². The van der Waals surface area contributed by atoms with E-state index in [0.29, 0.717) is 24.2 Å². The third-order valence-electron chi connectivity index (χ3n) is 4.13. The highest BCUT2D eigenvalue weighted by molar-refractivity contribution is 6.50. The normalized spacial score (nSPS) is 18.7. The molecule has 0 spiro atoms. The van der Waals surface area contributed by atoms with Gasteiger partial charge >= 0.3 is 5.97 Å². The number of benzene rings is 1. The monoisotopic (exact) mass is 352 g/mol. The van der Waals surface area contributed by atoms with Gasteiger partial charge in [0.05, 0.1) is 24.5 Å². The van der Waals surface area contributed by atoms with Crippen molar-refractivity contribution in [2.45, 2.75) is 31.1 Å². The molecule has 0 N–H and O–H groups in total. The van der Waals surface area contributed by atoms with Crippen LogP contribution in [0.25, 0.3) is 0 Å². The van der Waals surface area contributed by atoms with Crippen LogP contribution in [0.4, 0.5) is 0 Å². The van der Waals surface area contributed by atoms with Crippen LogP contribution in [0.2, 0.25) is 0 Å². The largest absolute Gasteiger partial charge is 0.462 e. The third-order valence-corrected chi connectivity index (χ3v) is 5.06. The summed E-state index contributed by atoms with van der Waals surface area (Å²) in [4.78, 5) is 12.3. The van der Waals surface area contributed by atoms with Gasteiger partial charge in [0, 0.05) is 5.92 Å². The van der Waals surface area contributed by atoms with Crippen molar-refractivity contribution < 1.29 is 9.53 Å². The molecule has 0 aliphatic heterocycles. The lowest BCUT2D eigenvalue weighted by atomic mass is 10.2. The third kappa shape index (κ3) is 3.54. The maximum Gasteiger partial charge on any atom is 0.341 e. The van der Waals surface area contributed by atoms with Gasteiger partial charge in [-0.3, -0.25) is 4.68 Å². The van der Waals surface area contributed by atoms with Crippen LogP contribution in [0.15, 0.2) is 30.3 Å². The number of rotatable bonds is 5. The lowest BCUT2D eigenvalue weighted by Gasteiger charge is -2.07. The molecule has 1 heterocycles. The molecular formula is C17H18Cl2N2O2. The zero-order chi connectivity index (χ0) is 16.6. The van der Waals surface area contributed by atoms with Crippen LogP contribution in [0.1, 0.15) is 33.7 Å². The molecule has 1 aliphatic carbocycles. The number of aryl methyl sites for hydroxylation is 1. The zero-order valence-electron chi connectivity index (χ0n) is 13.1. The summed E-state index contributed by atoms with van der Waals surface area (Å²) in [5, 5.41) is 4.46. The van der Waals surface area contributed by atoms with E-state index in [9.17, 15) is 4.79 Å². The van der Waals surface area contributed by atoms with Gasteiger partial charge in [-0.05, 0) is 25.8 Å². The van der Waals surface area contributed by atoms with Crippen LogP contribution < -0.4 is 0 Å². The van der Waals surface area contributed by atoms with E-state index in [1.165, 1.54) is 0 Å². The molecule has 122 valence electrons. The van der Waals surface area contributed by atoms with Crippen molar-refractivity contribution in [1.29, 1.82) is 0 Å². The molecule has 0 radical (unpaired) electrons. The molecule has 1 fully saturated rings. The van der Waals surface area contributed by atoms with E-state index in [-0.39, 0.29) is 18.5 Å². The van der Waals surface area contributed by atoms with Gasteiger partial charge in [0.25, 0.3) is 0 Å². The highest BCUT2D eigenvalue weighted by Crippen LogP contribution is 2.53. The van der Waals surface area contributed by atoms with Crippen LogP contribution in [0, 0.1) is 19.8 Å². The first kappa shape index (κ1) is 16.3. The summed E-state index contributed by atoms with van der Waals surface area (Å²) >= 11 is 11.9. The predicted octanol–water partition coefficient (Wildman–Crippen LogP) is 3.90. The molecule has 1 aromatic heterocycles. The Bertz CT molecular complexity index is 726. The van der Waals surface area contributed by atoms with Gasteiger partial charge in [0.2, 0.25) is 0 Å². The van der Waals surface area contributed by atoms with Crippen LogP contribution in [-0.2, 0) is 11.3 Å². The van der Waals surface area contributed by atoms with Gasteiger partial charge in [0.15, 0.2) is 0 Å². The van der Waals surface area contributed by atoms with E-state index in [2.05, 4.69) is 5.10 Å². The molecule has 6 heteroatoms. The minimum atomic E-state index is -0.734. The molecule has 1 aliphatic rings. The summed E-state index contributed by atoms with van der Waals surface area (Å²) in [6.07, 6.45) is 0.661. The van der Waals surface area contributed by atoms with Gasteiger partial charge in [-0.2, -0.15) is 5.10 Å². The molecule has 1 atom stereocenters. The molecular weight excluding hydrogens is 335 g/mol. The molecule has 2 aromatic rings. The summed E-state index contributed by atoms with van der Waals surface area (Å²) in [5.74, 6) is -0.342. The van der Waals surface area contributed by atoms with E-state index in [1.807, 2.05) is 48.9 Å². The first-order valence-corrected chi connectivity index (χ1v) is 8.27. The van der Waals surface area contributed by atoms with Crippen molar-refractivity contribution in [2.24, 2.45) is 5.92 Å². The molecule has 4 nitrogen and oxygen atoms in total. The van der Waals surface area contributed by atoms with Gasteiger partial charge < -0.3 is 4.74 Å². The first-order chi connectivity index (χ1) is 10.9. The summed E-state index contributed by atoms with van der Waals surface area (Å²) in [7, 11) is 0. The molecule has 0 saturated heterocycles. The predicted molar refractivity (Wildman–Crippen MR) is 90.1 cm³/mol. The van der Waals surface area contributed by atoms with E-state index in [1.54, 1.807) is 0 Å². The van der Waals surface area contributed by atoms with Gasteiger partial charge in [-0.25, -0.2) is 4.79 Å². The number of carbonyl (C=O) groups is 1. The highest BCUT2D eigenvalue weighted by Gasteiger charge is 2.52. The minimum absolute atomic E-state index is 0.0229. The van der Waals surface area contributed by atoms with Crippen LogP contribution in [-0.4, -0.2) is 26.7 Å². The number of aromatic nitrogens is 2. The Morgan fingerprint density at radius 3 is 2.61 bits per heavy atom. The molecule has 1 aromatic carbocycles. The van der Waals surface area contributed by atoms with E-state index >= 15 is 0 Å². The average Bonchev–Trinajstić information content (AvgIpc) is 3.02. The number of esters is 1. The number of alkyl halides is 2. The Hall–Kier alpha value is -1.52. The van der Waals surface area contributed by atoms with Crippen molar-refractivity contribution >= 4 is 29.2 Å². The standard InChI is InChI=1S/C17H18Cl2N2O2/c1-11-15(16(22)23-10-14-8-17(14,18)19)12(2)21(20-11)9-13-6-4-3-5-7-13/h3-7,14H,8-10H2,1-2H3/t14-/m1/s1. The molecule has 1 saturated carbocycles. The summed E-state index contributed by atoms with van der Waals surface area (Å²) < 4.78 is 6.44. The lowest BCUT2D eigenvalue weighted by Crippen LogP contribution is -2.12. The molecule has 0 amide bonds. The fourth-order valence-electron chi connectivity index (χ4n) is 2.60. The van der Waals surface area contributed by atoms with E-state index in [0.717, 1.165) is 11.3 Å². The highest BCUT2D eigenvalue weighted by atomic mass is 35.5. The van der Waals surface area contributed by atoms with Crippen molar-refractivity contribution in [3.05, 3.63) is 52.8 Å². The van der Waals surface area contributed by atoms with Gasteiger partial charge in [-0.15, -0.1) is 23.2 Å². The second-order valence-corrected chi connectivity index (χ2v) is 7.49. The van der Waals surface area contributed by atoms with Crippen LogP contribution in [0.5, 0.6) is 0 Å². The second kappa shape index (κ2) is 6.17. The number of hydrogen-bond acceptors (Lipinski definition) is 3. The van der Waals surface area contributed by atoms with E-state index < -0.39 is 4.33 Å². The maximum atomic E-state index is 12.3. The quantitative estimate of drug-likeness (QED) is 0.605. The smallest absolute Gasteiger partial charge is 0.341 e. The fraction of sp³-hybridized carbons (Fsp3) is 0.412. The maximum absolute atomic E-state index is 12.3. The molecule has 23 heavy (non-hydrogen) atoms.